The van der Waals surface area contributed by atoms with Crippen molar-refractivity contribution in [3.63, 3.8) is 0 Å². The van der Waals surface area contributed by atoms with E-state index in [0.717, 1.165) is 38.5 Å². The second kappa shape index (κ2) is 61.4. The summed E-state index contributed by atoms with van der Waals surface area (Å²) >= 11 is 0. The van der Waals surface area contributed by atoms with Gasteiger partial charge in [0.25, 0.3) is 0 Å². The molecule has 424 valence electrons. The first-order valence-corrected chi connectivity index (χ1v) is 32.8. The van der Waals surface area contributed by atoms with Gasteiger partial charge in [-0.05, 0) is 25.7 Å². The largest absolute Gasteiger partial charge is 0.466 e. The molecule has 1 amide bonds. The van der Waals surface area contributed by atoms with Crippen LogP contribution in [0.15, 0.2) is 0 Å². The van der Waals surface area contributed by atoms with E-state index in [0.29, 0.717) is 25.9 Å². The lowest BCUT2D eigenvalue weighted by Crippen LogP contribution is -2.45. The van der Waals surface area contributed by atoms with Crippen molar-refractivity contribution in [2.24, 2.45) is 0 Å². The van der Waals surface area contributed by atoms with Gasteiger partial charge in [-0.15, -0.1) is 0 Å². The number of esters is 1. The first kappa shape index (κ1) is 69.9. The zero-order valence-electron chi connectivity index (χ0n) is 48.5. The summed E-state index contributed by atoms with van der Waals surface area (Å²) in [6.45, 7) is 4.98. The van der Waals surface area contributed by atoms with E-state index in [4.69, 9.17) is 4.74 Å². The molecule has 6 nitrogen and oxygen atoms in total. The predicted molar refractivity (Wildman–Crippen MR) is 310 cm³/mol. The number of ether oxygens (including phenoxy) is 1. The van der Waals surface area contributed by atoms with Crippen molar-refractivity contribution in [3.05, 3.63) is 0 Å². The molecule has 0 aliphatic heterocycles. The van der Waals surface area contributed by atoms with Gasteiger partial charge in [0.2, 0.25) is 5.91 Å². The molecule has 0 spiro atoms. The second-order valence-corrected chi connectivity index (χ2v) is 22.8. The third kappa shape index (κ3) is 58.0. The first-order chi connectivity index (χ1) is 35.0. The summed E-state index contributed by atoms with van der Waals surface area (Å²) in [5.41, 5.74) is 0. The van der Waals surface area contributed by atoms with Crippen molar-refractivity contribution in [3.8, 4) is 0 Å². The van der Waals surface area contributed by atoms with Crippen LogP contribution in [0.5, 0.6) is 0 Å². The number of nitrogens with one attached hydrogen (secondary N) is 1. The Morgan fingerprint density at radius 3 is 0.859 bits per heavy atom. The highest BCUT2D eigenvalue weighted by atomic mass is 16.5. The molecule has 0 aliphatic carbocycles. The normalized spacial score (nSPS) is 12.5. The van der Waals surface area contributed by atoms with Gasteiger partial charge in [-0.3, -0.25) is 9.59 Å². The van der Waals surface area contributed by atoms with Crippen LogP contribution in [0.2, 0.25) is 0 Å². The van der Waals surface area contributed by atoms with Crippen LogP contribution in [0.25, 0.3) is 0 Å². The maximum absolute atomic E-state index is 12.5. The minimum absolute atomic E-state index is 0.0225. The molecule has 2 atom stereocenters. The molecule has 0 fully saturated rings. The topological polar surface area (TPSA) is 95.9 Å². The standard InChI is InChI=1S/C65H129NO5/c1-3-5-7-9-11-13-15-16-17-32-35-39-43-47-51-55-59-65(70)71-60-56-52-48-44-40-36-33-30-28-26-24-22-20-18-19-21-23-25-27-29-31-34-38-42-46-50-54-58-64(69)66-62(61-67)63(68)57-53-49-45-41-37-14-12-10-8-6-4-2/h62-63,67-68H,3-61H2,1-2H3,(H,66,69). The van der Waals surface area contributed by atoms with Crippen LogP contribution in [0, 0.1) is 0 Å². The Morgan fingerprint density at radius 1 is 0.338 bits per heavy atom. The van der Waals surface area contributed by atoms with E-state index in [1.165, 1.54) is 308 Å². The molecule has 0 aromatic rings. The molecule has 0 radical (unpaired) electrons. The molecule has 3 N–H and O–H groups in total. The Kier molecular flexibility index (Phi) is 60.4. The van der Waals surface area contributed by atoms with Crippen molar-refractivity contribution in [1.82, 2.24) is 5.32 Å². The third-order valence-corrected chi connectivity index (χ3v) is 15.7. The number of hydrogen-bond acceptors (Lipinski definition) is 5. The van der Waals surface area contributed by atoms with Gasteiger partial charge in [-0.2, -0.15) is 0 Å². The molecule has 0 aromatic carbocycles. The van der Waals surface area contributed by atoms with Crippen LogP contribution in [0.3, 0.4) is 0 Å². The van der Waals surface area contributed by atoms with Gasteiger partial charge in [0.15, 0.2) is 0 Å². The quantitative estimate of drug-likeness (QED) is 0.0417. The number of amides is 1. The maximum Gasteiger partial charge on any atom is 0.305 e. The van der Waals surface area contributed by atoms with Crippen LogP contribution in [-0.2, 0) is 14.3 Å². The molecule has 6 heteroatoms. The monoisotopic (exact) mass is 1000 g/mol. The van der Waals surface area contributed by atoms with E-state index >= 15 is 0 Å². The molecule has 0 rings (SSSR count). The SMILES string of the molecule is CCCCCCCCCCCCCCCCCCC(=O)OCCCCCCCCCCCCCCCCCCCCCCCCCCCCCC(=O)NC(CO)C(O)CCCCCCCCCCCCC. The lowest BCUT2D eigenvalue weighted by molar-refractivity contribution is -0.143. The number of carbonyl (C=O) groups is 2. The summed E-state index contributed by atoms with van der Waals surface area (Å²) in [5.74, 6) is -0.00842. The fourth-order valence-corrected chi connectivity index (χ4v) is 10.6. The van der Waals surface area contributed by atoms with Crippen LogP contribution < -0.4 is 5.32 Å². The lowest BCUT2D eigenvalue weighted by atomic mass is 10.0. The molecule has 0 aliphatic rings. The minimum atomic E-state index is -0.659. The third-order valence-electron chi connectivity index (χ3n) is 15.7. The van der Waals surface area contributed by atoms with Gasteiger partial charge in [0, 0.05) is 12.8 Å². The number of rotatable bonds is 62. The zero-order valence-corrected chi connectivity index (χ0v) is 48.5. The average molecular weight is 1000 g/mol. The van der Waals surface area contributed by atoms with Crippen LogP contribution in [0.4, 0.5) is 0 Å². The van der Waals surface area contributed by atoms with Crippen LogP contribution >= 0.6 is 0 Å². The Hall–Kier alpha value is -1.14. The predicted octanol–water partition coefficient (Wildman–Crippen LogP) is 20.6. The second-order valence-electron chi connectivity index (χ2n) is 22.8. The summed E-state index contributed by atoms with van der Waals surface area (Å²) in [7, 11) is 0. The summed E-state index contributed by atoms with van der Waals surface area (Å²) in [6, 6.07) is -0.536. The molecule has 2 unspecified atom stereocenters. The summed E-state index contributed by atoms with van der Waals surface area (Å²) in [6.07, 6.45) is 72.8. The highest BCUT2D eigenvalue weighted by Crippen LogP contribution is 2.19. The molecule has 71 heavy (non-hydrogen) atoms. The van der Waals surface area contributed by atoms with Crippen molar-refractivity contribution in [2.75, 3.05) is 13.2 Å². The highest BCUT2D eigenvalue weighted by Gasteiger charge is 2.20. The van der Waals surface area contributed by atoms with Crippen molar-refractivity contribution >= 4 is 11.9 Å². The van der Waals surface area contributed by atoms with E-state index in [1.807, 2.05) is 0 Å². The number of hydrogen-bond donors (Lipinski definition) is 3. The molecular formula is C65H129NO5. The van der Waals surface area contributed by atoms with Gasteiger partial charge >= 0.3 is 5.97 Å². The summed E-state index contributed by atoms with van der Waals surface area (Å²) in [5, 5.41) is 23.2. The van der Waals surface area contributed by atoms with E-state index in [9.17, 15) is 19.8 Å². The van der Waals surface area contributed by atoms with E-state index in [-0.39, 0.29) is 18.5 Å². The number of unbranched alkanes of at least 4 members (excludes halogenated alkanes) is 51. The number of aliphatic hydroxyl groups is 2. The zero-order chi connectivity index (χ0) is 51.4. The van der Waals surface area contributed by atoms with E-state index in [1.54, 1.807) is 0 Å². The van der Waals surface area contributed by atoms with Gasteiger partial charge in [-0.25, -0.2) is 0 Å². The average Bonchev–Trinajstić information content (AvgIpc) is 3.37. The molecule has 0 aromatic heterocycles. The van der Waals surface area contributed by atoms with Crippen LogP contribution in [0.1, 0.15) is 380 Å². The molecule has 0 bridgehead atoms. The Labute approximate surface area is 445 Å². The van der Waals surface area contributed by atoms with Crippen molar-refractivity contribution < 1.29 is 24.5 Å². The summed E-state index contributed by atoms with van der Waals surface area (Å²) in [4.78, 5) is 24.5. The molecule has 0 heterocycles. The van der Waals surface area contributed by atoms with Gasteiger partial charge in [-0.1, -0.05) is 341 Å². The van der Waals surface area contributed by atoms with E-state index < -0.39 is 12.1 Å². The van der Waals surface area contributed by atoms with Gasteiger partial charge < -0.3 is 20.3 Å². The van der Waals surface area contributed by atoms with Gasteiger partial charge in [0.1, 0.15) is 0 Å². The Morgan fingerprint density at radius 2 is 0.577 bits per heavy atom. The first-order valence-electron chi connectivity index (χ1n) is 32.8. The van der Waals surface area contributed by atoms with Crippen molar-refractivity contribution in [2.45, 2.75) is 392 Å². The lowest BCUT2D eigenvalue weighted by Gasteiger charge is -2.22. The van der Waals surface area contributed by atoms with Gasteiger partial charge in [0.05, 0.1) is 25.4 Å². The Bertz CT molecular complexity index is 1020. The molecular weight excluding hydrogens is 875 g/mol. The van der Waals surface area contributed by atoms with Crippen LogP contribution in [-0.4, -0.2) is 47.4 Å². The number of aliphatic hydroxyl groups excluding tert-OH is 2. The fourth-order valence-electron chi connectivity index (χ4n) is 10.6. The highest BCUT2D eigenvalue weighted by molar-refractivity contribution is 5.76. The van der Waals surface area contributed by atoms with Crippen molar-refractivity contribution in [1.29, 1.82) is 0 Å². The minimum Gasteiger partial charge on any atom is -0.466 e. The Balaban J connectivity index is 3.30. The summed E-state index contributed by atoms with van der Waals surface area (Å²) < 4.78 is 5.50. The molecule has 0 saturated carbocycles. The fraction of sp³-hybridized carbons (Fsp3) is 0.969. The van der Waals surface area contributed by atoms with E-state index in [2.05, 4.69) is 19.2 Å². The smallest absolute Gasteiger partial charge is 0.305 e. The molecule has 0 saturated heterocycles. The maximum atomic E-state index is 12.5. The number of carbonyl (C=O) groups excluding carboxylic acids is 2.